The van der Waals surface area contributed by atoms with Gasteiger partial charge >= 0.3 is 0 Å². The third-order valence-electron chi connectivity index (χ3n) is 6.40. The van der Waals surface area contributed by atoms with Crippen LogP contribution in [0.25, 0.3) is 0 Å². The summed E-state index contributed by atoms with van der Waals surface area (Å²) in [5.41, 5.74) is 1.19. The van der Waals surface area contributed by atoms with E-state index in [0.717, 1.165) is 17.8 Å². The Balaban J connectivity index is 1.49. The summed E-state index contributed by atoms with van der Waals surface area (Å²) in [5.74, 6) is 4.09. The SMILES string of the molecule is CCCC1CCC(C2CCC(c3ccccc3O)CC2)CC1. The van der Waals surface area contributed by atoms with Crippen LogP contribution in [-0.2, 0) is 0 Å². The minimum absolute atomic E-state index is 0.506. The number of hydrogen-bond donors (Lipinski definition) is 1. The van der Waals surface area contributed by atoms with Gasteiger partial charge in [0.05, 0.1) is 0 Å². The Hall–Kier alpha value is -0.980. The fourth-order valence-electron chi connectivity index (χ4n) is 5.09. The summed E-state index contributed by atoms with van der Waals surface area (Å²) in [4.78, 5) is 0. The lowest BCUT2D eigenvalue weighted by atomic mass is 9.68. The lowest BCUT2D eigenvalue weighted by Crippen LogP contribution is -2.25. The number of phenolic OH excluding ortho intramolecular Hbond substituents is 1. The molecule has 3 rings (SSSR count). The summed E-state index contributed by atoms with van der Waals surface area (Å²) < 4.78 is 0. The van der Waals surface area contributed by atoms with E-state index < -0.39 is 0 Å². The van der Waals surface area contributed by atoms with Crippen LogP contribution < -0.4 is 0 Å². The Morgan fingerprint density at radius 3 is 2.05 bits per heavy atom. The van der Waals surface area contributed by atoms with Crippen LogP contribution in [0.2, 0.25) is 0 Å². The molecule has 2 fully saturated rings. The van der Waals surface area contributed by atoms with Crippen LogP contribution in [-0.4, -0.2) is 5.11 Å². The van der Waals surface area contributed by atoms with Crippen molar-refractivity contribution in [1.29, 1.82) is 0 Å². The maximum Gasteiger partial charge on any atom is 0.119 e. The van der Waals surface area contributed by atoms with E-state index in [-0.39, 0.29) is 0 Å². The van der Waals surface area contributed by atoms with Crippen molar-refractivity contribution in [3.8, 4) is 5.75 Å². The Kier molecular flexibility index (Phi) is 5.44. The van der Waals surface area contributed by atoms with Gasteiger partial charge in [0.1, 0.15) is 5.75 Å². The van der Waals surface area contributed by atoms with Gasteiger partial charge in [0.2, 0.25) is 0 Å². The maximum absolute atomic E-state index is 10.1. The molecule has 0 saturated heterocycles. The summed E-state index contributed by atoms with van der Waals surface area (Å²) in [6, 6.07) is 7.96. The highest BCUT2D eigenvalue weighted by Crippen LogP contribution is 2.45. The number of aromatic hydroxyl groups is 1. The molecule has 0 amide bonds. The van der Waals surface area contributed by atoms with Gasteiger partial charge in [-0.25, -0.2) is 0 Å². The monoisotopic (exact) mass is 300 g/mol. The van der Waals surface area contributed by atoms with Crippen molar-refractivity contribution in [2.24, 2.45) is 17.8 Å². The Morgan fingerprint density at radius 1 is 0.864 bits per heavy atom. The van der Waals surface area contributed by atoms with Crippen molar-refractivity contribution in [1.82, 2.24) is 0 Å². The van der Waals surface area contributed by atoms with E-state index in [2.05, 4.69) is 19.1 Å². The maximum atomic E-state index is 10.1. The number of hydrogen-bond acceptors (Lipinski definition) is 1. The summed E-state index contributed by atoms with van der Waals surface area (Å²) in [6.07, 6.45) is 14.1. The van der Waals surface area contributed by atoms with Crippen LogP contribution >= 0.6 is 0 Å². The number of phenols is 1. The van der Waals surface area contributed by atoms with E-state index in [1.807, 2.05) is 12.1 Å². The zero-order chi connectivity index (χ0) is 15.4. The minimum Gasteiger partial charge on any atom is -0.508 e. The molecule has 0 heterocycles. The molecule has 2 aliphatic rings. The van der Waals surface area contributed by atoms with Crippen LogP contribution in [0.1, 0.15) is 82.6 Å². The average molecular weight is 300 g/mol. The molecule has 1 heteroatoms. The van der Waals surface area contributed by atoms with Crippen LogP contribution in [0, 0.1) is 17.8 Å². The molecule has 1 aromatic rings. The molecule has 0 unspecified atom stereocenters. The van der Waals surface area contributed by atoms with Gasteiger partial charge in [-0.3, -0.25) is 0 Å². The second-order valence-corrected chi connectivity index (χ2v) is 7.74. The minimum atomic E-state index is 0.506. The topological polar surface area (TPSA) is 20.2 Å². The van der Waals surface area contributed by atoms with E-state index >= 15 is 0 Å². The van der Waals surface area contributed by atoms with Crippen LogP contribution in [0.4, 0.5) is 0 Å². The Morgan fingerprint density at radius 2 is 1.45 bits per heavy atom. The van der Waals surface area contributed by atoms with Crippen molar-refractivity contribution < 1.29 is 5.11 Å². The van der Waals surface area contributed by atoms with Gasteiger partial charge in [-0.1, -0.05) is 50.8 Å². The van der Waals surface area contributed by atoms with Crippen molar-refractivity contribution in [3.05, 3.63) is 29.8 Å². The molecule has 0 radical (unpaired) electrons. The van der Waals surface area contributed by atoms with Gasteiger partial charge in [-0.05, 0) is 73.8 Å². The van der Waals surface area contributed by atoms with Gasteiger partial charge < -0.3 is 5.11 Å². The predicted molar refractivity (Wildman–Crippen MR) is 93.2 cm³/mol. The highest BCUT2D eigenvalue weighted by Gasteiger charge is 2.31. The number of para-hydroxylation sites is 1. The molecule has 0 aromatic heterocycles. The van der Waals surface area contributed by atoms with Gasteiger partial charge in [-0.2, -0.15) is 0 Å². The van der Waals surface area contributed by atoms with Crippen LogP contribution in [0.5, 0.6) is 5.75 Å². The first-order chi connectivity index (χ1) is 10.8. The van der Waals surface area contributed by atoms with E-state index in [0.29, 0.717) is 11.7 Å². The first-order valence-corrected chi connectivity index (χ1v) is 9.55. The van der Waals surface area contributed by atoms with Crippen molar-refractivity contribution in [2.45, 2.75) is 77.0 Å². The van der Waals surface area contributed by atoms with Crippen molar-refractivity contribution in [3.63, 3.8) is 0 Å². The first kappa shape index (κ1) is 15.9. The average Bonchev–Trinajstić information content (AvgIpc) is 2.57. The molecule has 1 nitrogen and oxygen atoms in total. The molecule has 0 spiro atoms. The largest absolute Gasteiger partial charge is 0.508 e. The zero-order valence-corrected chi connectivity index (χ0v) is 14.1. The molecule has 0 aliphatic heterocycles. The number of rotatable bonds is 4. The molecule has 2 aliphatic carbocycles. The summed E-state index contributed by atoms with van der Waals surface area (Å²) in [5, 5.41) is 10.1. The molecular weight excluding hydrogens is 268 g/mol. The van der Waals surface area contributed by atoms with E-state index in [4.69, 9.17) is 0 Å². The molecule has 22 heavy (non-hydrogen) atoms. The third kappa shape index (κ3) is 3.67. The Labute approximate surface area is 136 Å². The molecule has 1 N–H and O–H groups in total. The van der Waals surface area contributed by atoms with Gasteiger partial charge in [-0.15, -0.1) is 0 Å². The molecular formula is C21H32O. The smallest absolute Gasteiger partial charge is 0.119 e. The van der Waals surface area contributed by atoms with E-state index in [1.165, 1.54) is 69.8 Å². The van der Waals surface area contributed by atoms with Crippen LogP contribution in [0.3, 0.4) is 0 Å². The first-order valence-electron chi connectivity index (χ1n) is 9.55. The van der Waals surface area contributed by atoms with Gasteiger partial charge in [0, 0.05) is 0 Å². The predicted octanol–water partition coefficient (Wildman–Crippen LogP) is 6.27. The highest BCUT2D eigenvalue weighted by molar-refractivity contribution is 5.35. The lowest BCUT2D eigenvalue weighted by molar-refractivity contribution is 0.156. The normalized spacial score (nSPS) is 32.8. The zero-order valence-electron chi connectivity index (χ0n) is 14.1. The standard InChI is InChI=1S/C21H32O/c1-2-5-16-8-10-17(11-9-16)18-12-14-19(15-13-18)20-6-3-4-7-21(20)22/h3-4,6-7,16-19,22H,2,5,8-15H2,1H3. The highest BCUT2D eigenvalue weighted by atomic mass is 16.3. The molecule has 2 saturated carbocycles. The third-order valence-corrected chi connectivity index (χ3v) is 6.40. The summed E-state index contributed by atoms with van der Waals surface area (Å²) in [6.45, 7) is 2.33. The molecule has 0 bridgehead atoms. The fraction of sp³-hybridized carbons (Fsp3) is 0.714. The fourth-order valence-corrected chi connectivity index (χ4v) is 5.09. The second kappa shape index (κ2) is 7.53. The van der Waals surface area contributed by atoms with Gasteiger partial charge in [0.25, 0.3) is 0 Å². The number of benzene rings is 1. The summed E-state index contributed by atoms with van der Waals surface area (Å²) in [7, 11) is 0. The molecule has 0 atom stereocenters. The van der Waals surface area contributed by atoms with Gasteiger partial charge in [0.15, 0.2) is 0 Å². The van der Waals surface area contributed by atoms with Crippen molar-refractivity contribution >= 4 is 0 Å². The molecule has 122 valence electrons. The molecule has 1 aromatic carbocycles. The van der Waals surface area contributed by atoms with Crippen LogP contribution in [0.15, 0.2) is 24.3 Å². The van der Waals surface area contributed by atoms with Crippen molar-refractivity contribution in [2.75, 3.05) is 0 Å². The second-order valence-electron chi connectivity index (χ2n) is 7.74. The summed E-state index contributed by atoms with van der Waals surface area (Å²) >= 11 is 0. The van der Waals surface area contributed by atoms with E-state index in [9.17, 15) is 5.11 Å². The van der Waals surface area contributed by atoms with E-state index in [1.54, 1.807) is 0 Å². The quantitative estimate of drug-likeness (QED) is 0.694. The Bertz CT molecular complexity index is 451. The lowest BCUT2D eigenvalue weighted by Gasteiger charge is -2.38.